The lowest BCUT2D eigenvalue weighted by molar-refractivity contribution is 0.475. The summed E-state index contributed by atoms with van der Waals surface area (Å²) in [5, 5.41) is 3.26. The second-order valence-electron chi connectivity index (χ2n) is 4.34. The number of nitrogens with zero attached hydrogens (tertiary/aromatic N) is 1. The Kier molecular flexibility index (Phi) is 4.33. The van der Waals surface area contributed by atoms with Gasteiger partial charge in [-0.2, -0.15) is 0 Å². The predicted octanol–water partition coefficient (Wildman–Crippen LogP) is 2.76. The zero-order chi connectivity index (χ0) is 10.6. The van der Waals surface area contributed by atoms with Gasteiger partial charge in [-0.05, 0) is 58.6 Å². The fraction of sp³-hybridized carbons (Fsp3) is 0.750. The van der Waals surface area contributed by atoms with Gasteiger partial charge in [0.2, 0.25) is 0 Å². The van der Waals surface area contributed by atoms with Gasteiger partial charge < -0.3 is 5.32 Å². The van der Waals surface area contributed by atoms with E-state index in [1.165, 1.54) is 29.8 Å². The summed E-state index contributed by atoms with van der Waals surface area (Å²) in [6.45, 7) is 7.47. The molecule has 1 atom stereocenters. The highest BCUT2D eigenvalue weighted by molar-refractivity contribution is 5.80. The molecular weight excluding hydrogens is 172 g/mol. The van der Waals surface area contributed by atoms with Crippen LogP contribution in [0, 0.1) is 5.92 Å². The molecule has 0 aliphatic heterocycles. The lowest BCUT2D eigenvalue weighted by Gasteiger charge is -2.24. The average Bonchev–Trinajstić information content (AvgIpc) is 2.11. The zero-order valence-electron chi connectivity index (χ0n) is 9.85. The molecule has 2 nitrogen and oxygen atoms in total. The maximum atomic E-state index is 4.62. The first-order valence-electron chi connectivity index (χ1n) is 5.51. The Hall–Kier alpha value is -0.630. The average molecular weight is 194 g/mol. The molecule has 1 aliphatic carbocycles. The van der Waals surface area contributed by atoms with Gasteiger partial charge in [-0.3, -0.25) is 4.99 Å². The second-order valence-corrected chi connectivity index (χ2v) is 4.34. The van der Waals surface area contributed by atoms with Gasteiger partial charge in [0.05, 0.1) is 0 Å². The molecule has 0 saturated heterocycles. The smallest absolute Gasteiger partial charge is 0.0395 e. The van der Waals surface area contributed by atoms with Crippen molar-refractivity contribution in [3.8, 4) is 0 Å². The van der Waals surface area contributed by atoms with Crippen molar-refractivity contribution in [2.45, 2.75) is 40.0 Å². The second kappa shape index (κ2) is 5.30. The van der Waals surface area contributed by atoms with Crippen LogP contribution in [-0.2, 0) is 0 Å². The Balaban J connectivity index is 2.80. The van der Waals surface area contributed by atoms with E-state index in [1.807, 2.05) is 7.05 Å². The first-order chi connectivity index (χ1) is 6.65. The predicted molar refractivity (Wildman–Crippen MR) is 62.8 cm³/mol. The summed E-state index contributed by atoms with van der Waals surface area (Å²) in [5.74, 6) is 0.701. The van der Waals surface area contributed by atoms with Crippen LogP contribution in [0.15, 0.2) is 16.3 Å². The summed E-state index contributed by atoms with van der Waals surface area (Å²) in [5.41, 5.74) is 3.99. The number of allylic oxidation sites excluding steroid dienone is 1. The van der Waals surface area contributed by atoms with Crippen molar-refractivity contribution in [3.63, 3.8) is 0 Å². The first-order valence-corrected chi connectivity index (χ1v) is 5.51. The molecule has 1 N–H and O–H groups in total. The SMILES string of the molecule is CNCC1CCCC(N=C(C)C)=C1C. The first kappa shape index (κ1) is 11.4. The summed E-state index contributed by atoms with van der Waals surface area (Å²) in [6.07, 6.45) is 3.77. The van der Waals surface area contributed by atoms with Gasteiger partial charge in [-0.15, -0.1) is 0 Å². The summed E-state index contributed by atoms with van der Waals surface area (Å²) >= 11 is 0. The summed E-state index contributed by atoms with van der Waals surface area (Å²) in [6, 6.07) is 0. The van der Waals surface area contributed by atoms with Crippen molar-refractivity contribution in [2.24, 2.45) is 10.9 Å². The van der Waals surface area contributed by atoms with Crippen molar-refractivity contribution in [1.82, 2.24) is 5.32 Å². The van der Waals surface area contributed by atoms with E-state index in [0.29, 0.717) is 5.92 Å². The molecule has 2 heteroatoms. The largest absolute Gasteiger partial charge is 0.319 e. The molecule has 0 bridgehead atoms. The van der Waals surface area contributed by atoms with Crippen LogP contribution in [0.1, 0.15) is 40.0 Å². The van der Waals surface area contributed by atoms with E-state index in [2.05, 4.69) is 31.1 Å². The molecule has 0 heterocycles. The third-order valence-electron chi connectivity index (χ3n) is 2.84. The third-order valence-corrected chi connectivity index (χ3v) is 2.84. The van der Waals surface area contributed by atoms with E-state index in [4.69, 9.17) is 0 Å². The molecule has 80 valence electrons. The van der Waals surface area contributed by atoms with E-state index in [1.54, 1.807) is 0 Å². The number of nitrogens with one attached hydrogen (secondary N) is 1. The van der Waals surface area contributed by atoms with Gasteiger partial charge in [0.15, 0.2) is 0 Å². The highest BCUT2D eigenvalue weighted by Crippen LogP contribution is 2.30. The van der Waals surface area contributed by atoms with Gasteiger partial charge in [0.25, 0.3) is 0 Å². The lowest BCUT2D eigenvalue weighted by atomic mass is 9.86. The molecule has 0 aromatic carbocycles. The van der Waals surface area contributed by atoms with E-state index >= 15 is 0 Å². The third kappa shape index (κ3) is 2.95. The Morgan fingerprint density at radius 2 is 2.21 bits per heavy atom. The molecule has 0 radical (unpaired) electrons. The normalized spacial score (nSPS) is 22.4. The van der Waals surface area contributed by atoms with Gasteiger partial charge in [0.1, 0.15) is 0 Å². The Bertz CT molecular complexity index is 247. The van der Waals surface area contributed by atoms with Crippen LogP contribution in [0.25, 0.3) is 0 Å². The molecule has 0 aromatic rings. The van der Waals surface area contributed by atoms with Crippen molar-refractivity contribution in [1.29, 1.82) is 0 Å². The number of hydrogen-bond donors (Lipinski definition) is 1. The molecule has 1 unspecified atom stereocenters. The number of aliphatic imine (C=N–C) groups is 1. The fourth-order valence-corrected chi connectivity index (χ4v) is 2.08. The molecule has 0 saturated carbocycles. The van der Waals surface area contributed by atoms with E-state index in [0.717, 1.165) is 13.0 Å². The van der Waals surface area contributed by atoms with Crippen LogP contribution < -0.4 is 5.32 Å². The van der Waals surface area contributed by atoms with Gasteiger partial charge in [0, 0.05) is 18.0 Å². The Labute approximate surface area is 87.5 Å². The zero-order valence-corrected chi connectivity index (χ0v) is 9.85. The molecule has 14 heavy (non-hydrogen) atoms. The molecule has 1 rings (SSSR count). The Morgan fingerprint density at radius 3 is 2.79 bits per heavy atom. The summed E-state index contributed by atoms with van der Waals surface area (Å²) < 4.78 is 0. The van der Waals surface area contributed by atoms with Crippen LogP contribution in [0.4, 0.5) is 0 Å². The highest BCUT2D eigenvalue weighted by Gasteiger charge is 2.18. The minimum Gasteiger partial charge on any atom is -0.319 e. The summed E-state index contributed by atoms with van der Waals surface area (Å²) in [7, 11) is 2.02. The van der Waals surface area contributed by atoms with Crippen molar-refractivity contribution in [2.75, 3.05) is 13.6 Å². The van der Waals surface area contributed by atoms with Crippen LogP contribution in [0.3, 0.4) is 0 Å². The van der Waals surface area contributed by atoms with Crippen molar-refractivity contribution < 1.29 is 0 Å². The monoisotopic (exact) mass is 194 g/mol. The van der Waals surface area contributed by atoms with Gasteiger partial charge in [-0.1, -0.05) is 0 Å². The van der Waals surface area contributed by atoms with Crippen LogP contribution in [-0.4, -0.2) is 19.3 Å². The molecule has 0 spiro atoms. The van der Waals surface area contributed by atoms with Crippen LogP contribution >= 0.6 is 0 Å². The standard InChI is InChI=1S/C12H22N2/c1-9(2)14-12-7-5-6-11(8-13-4)10(12)3/h11,13H,5-8H2,1-4H3. The van der Waals surface area contributed by atoms with Crippen molar-refractivity contribution >= 4 is 5.71 Å². The number of rotatable bonds is 3. The molecule has 0 fully saturated rings. The van der Waals surface area contributed by atoms with Crippen LogP contribution in [0.5, 0.6) is 0 Å². The number of hydrogen-bond acceptors (Lipinski definition) is 2. The fourth-order valence-electron chi connectivity index (χ4n) is 2.08. The molecular formula is C12H22N2. The quantitative estimate of drug-likeness (QED) is 0.686. The van der Waals surface area contributed by atoms with Gasteiger partial charge in [-0.25, -0.2) is 0 Å². The Morgan fingerprint density at radius 1 is 1.50 bits per heavy atom. The molecule has 1 aliphatic rings. The minimum absolute atomic E-state index is 0.701. The highest BCUT2D eigenvalue weighted by atomic mass is 14.8. The summed E-state index contributed by atoms with van der Waals surface area (Å²) in [4.78, 5) is 4.62. The van der Waals surface area contributed by atoms with Crippen LogP contribution in [0.2, 0.25) is 0 Å². The maximum Gasteiger partial charge on any atom is 0.0395 e. The molecule has 0 aromatic heterocycles. The maximum absolute atomic E-state index is 4.62. The van der Waals surface area contributed by atoms with E-state index < -0.39 is 0 Å². The van der Waals surface area contributed by atoms with Gasteiger partial charge >= 0.3 is 0 Å². The topological polar surface area (TPSA) is 24.4 Å². The minimum atomic E-state index is 0.701. The lowest BCUT2D eigenvalue weighted by Crippen LogP contribution is -2.22. The van der Waals surface area contributed by atoms with E-state index in [9.17, 15) is 0 Å². The molecule has 0 amide bonds. The van der Waals surface area contributed by atoms with E-state index in [-0.39, 0.29) is 0 Å². The van der Waals surface area contributed by atoms with Crippen molar-refractivity contribution in [3.05, 3.63) is 11.3 Å².